The topological polar surface area (TPSA) is 112 Å². The van der Waals surface area contributed by atoms with E-state index in [0.717, 1.165) is 10.0 Å². The van der Waals surface area contributed by atoms with E-state index >= 15 is 0 Å². The molecule has 0 saturated carbocycles. The van der Waals surface area contributed by atoms with Crippen molar-refractivity contribution in [3.63, 3.8) is 0 Å². The number of nitrogen functional groups attached to an aromatic ring is 1. The highest BCUT2D eigenvalue weighted by atomic mass is 32.1. The number of hydrogen-bond acceptors (Lipinski definition) is 7. The molecule has 3 aromatic rings. The monoisotopic (exact) mass is 331 g/mol. The summed E-state index contributed by atoms with van der Waals surface area (Å²) in [6, 6.07) is 1.70. The molecule has 0 bridgehead atoms. The largest absolute Gasteiger partial charge is 0.369 e. The van der Waals surface area contributed by atoms with Gasteiger partial charge in [-0.2, -0.15) is 0 Å². The molecule has 0 fully saturated rings. The predicted octanol–water partition coefficient (Wildman–Crippen LogP) is 1.17. The summed E-state index contributed by atoms with van der Waals surface area (Å²) in [6.45, 7) is 5.05. The van der Waals surface area contributed by atoms with Gasteiger partial charge in [-0.1, -0.05) is 0 Å². The number of fused-ring (bicyclic) bond motifs is 1. The molecule has 0 atom stereocenters. The number of aromatic nitrogens is 5. The highest BCUT2D eigenvalue weighted by Gasteiger charge is 2.12. The lowest BCUT2D eigenvalue weighted by molar-refractivity contribution is 0.0954. The standard InChI is InChI=1S/C14H17N7OS/c1-3-21-12-10(18-14(21)15)6-9(7-17-12)13(22)16-5-4-11-20-19-8(2)23-11/h6-7H,3-5H2,1-2H3,(H2,15,18)(H,16,22). The van der Waals surface area contributed by atoms with Crippen LogP contribution in [0, 0.1) is 6.92 Å². The van der Waals surface area contributed by atoms with Gasteiger partial charge in [0.1, 0.15) is 15.5 Å². The lowest BCUT2D eigenvalue weighted by Crippen LogP contribution is -2.25. The van der Waals surface area contributed by atoms with Crippen LogP contribution in [0.3, 0.4) is 0 Å². The molecule has 3 aromatic heterocycles. The van der Waals surface area contributed by atoms with Crippen LogP contribution < -0.4 is 11.1 Å². The van der Waals surface area contributed by atoms with Crippen molar-refractivity contribution in [2.24, 2.45) is 0 Å². The van der Waals surface area contributed by atoms with Crippen LogP contribution in [-0.4, -0.2) is 37.2 Å². The Kier molecular flexibility index (Phi) is 4.20. The molecule has 0 saturated heterocycles. The first-order valence-electron chi connectivity index (χ1n) is 7.27. The summed E-state index contributed by atoms with van der Waals surface area (Å²) in [7, 11) is 0. The minimum absolute atomic E-state index is 0.190. The Morgan fingerprint density at radius 3 is 2.96 bits per heavy atom. The number of anilines is 1. The quantitative estimate of drug-likeness (QED) is 0.726. The van der Waals surface area contributed by atoms with E-state index in [4.69, 9.17) is 5.73 Å². The Morgan fingerprint density at radius 1 is 1.43 bits per heavy atom. The normalized spacial score (nSPS) is 11.0. The molecule has 0 unspecified atom stereocenters. The van der Waals surface area contributed by atoms with Crippen molar-refractivity contribution in [2.45, 2.75) is 26.8 Å². The zero-order chi connectivity index (χ0) is 16.4. The third kappa shape index (κ3) is 3.14. The SMILES string of the molecule is CCn1c(N)nc2cc(C(=O)NCCc3nnc(C)s3)cnc21. The number of rotatable bonds is 5. The van der Waals surface area contributed by atoms with E-state index in [0.29, 0.717) is 42.2 Å². The van der Waals surface area contributed by atoms with Gasteiger partial charge in [0.2, 0.25) is 5.95 Å². The molecule has 3 N–H and O–H groups in total. The van der Waals surface area contributed by atoms with Crippen LogP contribution in [0.5, 0.6) is 0 Å². The number of carbonyl (C=O) groups excluding carboxylic acids is 1. The second kappa shape index (κ2) is 6.29. The zero-order valence-corrected chi connectivity index (χ0v) is 13.7. The predicted molar refractivity (Wildman–Crippen MR) is 88.3 cm³/mol. The molecule has 0 aliphatic rings. The summed E-state index contributed by atoms with van der Waals surface area (Å²) in [4.78, 5) is 20.7. The number of hydrogen-bond donors (Lipinski definition) is 2. The highest BCUT2D eigenvalue weighted by Crippen LogP contribution is 2.16. The molecule has 3 heterocycles. The Labute approximate surface area is 136 Å². The van der Waals surface area contributed by atoms with Crippen molar-refractivity contribution < 1.29 is 4.79 Å². The molecule has 120 valence electrons. The third-order valence-corrected chi connectivity index (χ3v) is 4.28. The van der Waals surface area contributed by atoms with Gasteiger partial charge in [-0.15, -0.1) is 21.5 Å². The van der Waals surface area contributed by atoms with Gasteiger partial charge in [0.25, 0.3) is 5.91 Å². The Bertz CT molecular complexity index is 854. The second-order valence-electron chi connectivity index (χ2n) is 5.00. The molecule has 0 aliphatic heterocycles. The summed E-state index contributed by atoms with van der Waals surface area (Å²) in [6.07, 6.45) is 2.20. The number of carbonyl (C=O) groups is 1. The van der Waals surface area contributed by atoms with Crippen LogP contribution in [0.1, 0.15) is 27.3 Å². The number of nitrogens with zero attached hydrogens (tertiary/aromatic N) is 5. The van der Waals surface area contributed by atoms with Gasteiger partial charge in [-0.25, -0.2) is 9.97 Å². The van der Waals surface area contributed by atoms with E-state index in [2.05, 4.69) is 25.5 Å². The van der Waals surface area contributed by atoms with Gasteiger partial charge < -0.3 is 11.1 Å². The van der Waals surface area contributed by atoms with E-state index in [-0.39, 0.29) is 5.91 Å². The van der Waals surface area contributed by atoms with Gasteiger partial charge in [0.15, 0.2) is 5.65 Å². The Morgan fingerprint density at radius 2 is 2.26 bits per heavy atom. The average Bonchev–Trinajstić information content (AvgIpc) is 3.08. The molecule has 0 radical (unpaired) electrons. The number of amides is 1. The van der Waals surface area contributed by atoms with Crippen LogP contribution in [0.25, 0.3) is 11.2 Å². The van der Waals surface area contributed by atoms with Crippen molar-refractivity contribution in [2.75, 3.05) is 12.3 Å². The Hall–Kier alpha value is -2.55. The number of pyridine rings is 1. The first-order valence-corrected chi connectivity index (χ1v) is 8.09. The molecule has 8 nitrogen and oxygen atoms in total. The first-order chi connectivity index (χ1) is 11.1. The maximum atomic E-state index is 12.2. The molecular formula is C14H17N7OS. The summed E-state index contributed by atoms with van der Waals surface area (Å²) >= 11 is 1.53. The molecule has 9 heteroatoms. The maximum absolute atomic E-state index is 12.2. The highest BCUT2D eigenvalue weighted by molar-refractivity contribution is 7.11. The van der Waals surface area contributed by atoms with E-state index in [1.807, 2.05) is 13.8 Å². The molecule has 0 aromatic carbocycles. The molecule has 0 aliphatic carbocycles. The molecule has 23 heavy (non-hydrogen) atoms. The average molecular weight is 331 g/mol. The summed E-state index contributed by atoms with van der Waals surface area (Å²) < 4.78 is 1.80. The molecule has 1 amide bonds. The van der Waals surface area contributed by atoms with E-state index in [1.165, 1.54) is 11.3 Å². The van der Waals surface area contributed by atoms with Crippen LogP contribution in [0.4, 0.5) is 5.95 Å². The third-order valence-electron chi connectivity index (χ3n) is 3.39. The Balaban J connectivity index is 1.68. The molecule has 0 spiro atoms. The lowest BCUT2D eigenvalue weighted by Gasteiger charge is -2.04. The second-order valence-corrected chi connectivity index (χ2v) is 6.27. The van der Waals surface area contributed by atoms with Gasteiger partial charge >= 0.3 is 0 Å². The summed E-state index contributed by atoms with van der Waals surface area (Å²) in [5, 5.41) is 12.7. The van der Waals surface area contributed by atoms with Gasteiger partial charge in [-0.3, -0.25) is 9.36 Å². The maximum Gasteiger partial charge on any atom is 0.252 e. The zero-order valence-electron chi connectivity index (χ0n) is 12.9. The number of imidazole rings is 1. The van der Waals surface area contributed by atoms with E-state index in [1.54, 1.807) is 16.8 Å². The van der Waals surface area contributed by atoms with Crippen LogP contribution in [0.2, 0.25) is 0 Å². The molecule has 3 rings (SSSR count). The fourth-order valence-electron chi connectivity index (χ4n) is 2.29. The minimum atomic E-state index is -0.190. The lowest BCUT2D eigenvalue weighted by atomic mass is 10.2. The fraction of sp³-hybridized carbons (Fsp3) is 0.357. The first kappa shape index (κ1) is 15.3. The summed E-state index contributed by atoms with van der Waals surface area (Å²) in [5.41, 5.74) is 7.61. The van der Waals surface area contributed by atoms with Gasteiger partial charge in [-0.05, 0) is 19.9 Å². The van der Waals surface area contributed by atoms with Gasteiger partial charge in [0, 0.05) is 25.7 Å². The van der Waals surface area contributed by atoms with Crippen LogP contribution in [0.15, 0.2) is 12.3 Å². The smallest absolute Gasteiger partial charge is 0.252 e. The fourth-order valence-corrected chi connectivity index (χ4v) is 3.00. The van der Waals surface area contributed by atoms with E-state index in [9.17, 15) is 4.79 Å². The van der Waals surface area contributed by atoms with E-state index < -0.39 is 0 Å². The number of nitrogens with one attached hydrogen (secondary N) is 1. The molecular weight excluding hydrogens is 314 g/mol. The van der Waals surface area contributed by atoms with Crippen molar-refractivity contribution in [3.8, 4) is 0 Å². The van der Waals surface area contributed by atoms with Gasteiger partial charge in [0.05, 0.1) is 5.56 Å². The van der Waals surface area contributed by atoms with Crippen LogP contribution in [-0.2, 0) is 13.0 Å². The summed E-state index contributed by atoms with van der Waals surface area (Å²) in [5.74, 6) is 0.212. The van der Waals surface area contributed by atoms with Crippen molar-refractivity contribution >= 4 is 34.4 Å². The number of aryl methyl sites for hydroxylation is 2. The van der Waals surface area contributed by atoms with Crippen molar-refractivity contribution in [1.29, 1.82) is 0 Å². The minimum Gasteiger partial charge on any atom is -0.369 e. The number of nitrogens with two attached hydrogens (primary N) is 1. The van der Waals surface area contributed by atoms with Crippen LogP contribution >= 0.6 is 11.3 Å². The van der Waals surface area contributed by atoms with Crippen molar-refractivity contribution in [3.05, 3.63) is 27.8 Å². The van der Waals surface area contributed by atoms with Crippen molar-refractivity contribution in [1.82, 2.24) is 30.0 Å².